The lowest BCUT2D eigenvalue weighted by molar-refractivity contribution is 0.0178. The molecule has 2 fully saturated rings. The van der Waals surface area contributed by atoms with Crippen LogP contribution in [0.15, 0.2) is 11.1 Å². The van der Waals surface area contributed by atoms with E-state index in [4.69, 9.17) is 15.0 Å². The Kier molecular flexibility index (Phi) is 3.00. The molecule has 0 aliphatic carbocycles. The van der Waals surface area contributed by atoms with Crippen LogP contribution in [0.5, 0.6) is 0 Å². The van der Waals surface area contributed by atoms with Gasteiger partial charge in [0.05, 0.1) is 19.4 Å². The van der Waals surface area contributed by atoms with Crippen LogP contribution < -0.4 is 11.3 Å². The fourth-order valence-electron chi connectivity index (χ4n) is 3.05. The van der Waals surface area contributed by atoms with Gasteiger partial charge in [-0.05, 0) is 0 Å². The van der Waals surface area contributed by atoms with Crippen LogP contribution in [0, 0.1) is 0 Å². The summed E-state index contributed by atoms with van der Waals surface area (Å²) in [6, 6.07) is 0. The number of hydrogen-bond donors (Lipinski definition) is 3. The zero-order valence-electron chi connectivity index (χ0n) is 12.0. The highest BCUT2D eigenvalue weighted by Crippen LogP contribution is 2.70. The molecule has 24 heavy (non-hydrogen) atoms. The van der Waals surface area contributed by atoms with Crippen molar-refractivity contribution in [3.63, 3.8) is 0 Å². The molecule has 10 nitrogen and oxygen atoms in total. The van der Waals surface area contributed by atoms with Gasteiger partial charge < -0.3 is 15.4 Å². The Hall–Kier alpha value is -1.88. The van der Waals surface area contributed by atoms with E-state index in [1.165, 1.54) is 10.9 Å². The first-order valence-corrected chi connectivity index (χ1v) is 8.46. The van der Waals surface area contributed by atoms with Gasteiger partial charge in [0.1, 0.15) is 11.8 Å². The molecule has 1 unspecified atom stereocenters. The Morgan fingerprint density at radius 1 is 1.54 bits per heavy atom. The summed E-state index contributed by atoms with van der Waals surface area (Å²) >= 11 is 0. The zero-order valence-corrected chi connectivity index (χ0v) is 12.9. The quantitative estimate of drug-likeness (QED) is 0.623. The number of aromatic amines is 1. The summed E-state index contributed by atoms with van der Waals surface area (Å²) in [5.41, 5.74) is -0.332. The molecule has 0 aromatic carbocycles. The molecule has 3 atom stereocenters. The number of imidazole rings is 1. The zero-order chi connectivity index (χ0) is 17.3. The van der Waals surface area contributed by atoms with Crippen molar-refractivity contribution in [2.45, 2.75) is 30.3 Å². The van der Waals surface area contributed by atoms with Crippen LogP contribution in [0.3, 0.4) is 0 Å². The van der Waals surface area contributed by atoms with E-state index in [0.29, 0.717) is 0 Å². The normalized spacial score (nSPS) is 35.2. The molecule has 130 valence electrons. The fourth-order valence-corrected chi connectivity index (χ4v) is 4.39. The van der Waals surface area contributed by atoms with Crippen molar-refractivity contribution in [3.8, 4) is 0 Å². The maximum absolute atomic E-state index is 13.7. The van der Waals surface area contributed by atoms with E-state index >= 15 is 0 Å². The van der Waals surface area contributed by atoms with Crippen molar-refractivity contribution < 1.29 is 27.5 Å². The van der Waals surface area contributed by atoms with Crippen LogP contribution in [0.25, 0.3) is 11.2 Å². The number of H-pyrrole nitrogens is 1. The average molecular weight is 363 g/mol. The number of nitrogens with one attached hydrogen (secondary N) is 1. The maximum atomic E-state index is 13.7. The molecule has 1 spiro atoms. The second kappa shape index (κ2) is 4.60. The standard InChI is InChI=1S/C11H12F2N5O5P/c12-11(13)2-10(23-24(11,20)21)1-5(22-3-10)18-4-15-6-7(18)16-9(14)17-8(6)19/h4-5H,1-3H2,(H,20,21)(H3,14,16,17,19)/t5-,10-/m1/s1. The predicted molar refractivity (Wildman–Crippen MR) is 75.4 cm³/mol. The average Bonchev–Trinajstić information content (AvgIpc) is 3.05. The summed E-state index contributed by atoms with van der Waals surface area (Å²) in [5.74, 6) is -0.134. The second-order valence-electron chi connectivity index (χ2n) is 5.88. The molecule has 2 aliphatic heterocycles. The second-order valence-corrected chi connectivity index (χ2v) is 7.76. The number of nitrogens with two attached hydrogens (primary N) is 1. The summed E-state index contributed by atoms with van der Waals surface area (Å²) < 4.78 is 50.5. The molecule has 4 rings (SSSR count). The summed E-state index contributed by atoms with van der Waals surface area (Å²) in [4.78, 5) is 31.3. The summed E-state index contributed by atoms with van der Waals surface area (Å²) in [6.07, 6.45) is -0.612. The lowest BCUT2D eigenvalue weighted by atomic mass is 9.98. The van der Waals surface area contributed by atoms with Crippen molar-refractivity contribution in [1.29, 1.82) is 0 Å². The lowest BCUT2D eigenvalue weighted by Crippen LogP contribution is -2.29. The van der Waals surface area contributed by atoms with Gasteiger partial charge in [0.2, 0.25) is 5.95 Å². The van der Waals surface area contributed by atoms with Gasteiger partial charge in [-0.15, -0.1) is 0 Å². The molecule has 4 heterocycles. The molecular formula is C11H12F2N5O5P. The molecule has 13 heteroatoms. The van der Waals surface area contributed by atoms with Crippen LogP contribution in [0.1, 0.15) is 19.1 Å². The molecule has 0 saturated carbocycles. The molecule has 4 N–H and O–H groups in total. The van der Waals surface area contributed by atoms with Crippen LogP contribution in [0.4, 0.5) is 14.7 Å². The van der Waals surface area contributed by atoms with Crippen LogP contribution in [0.2, 0.25) is 0 Å². The highest BCUT2D eigenvalue weighted by molar-refractivity contribution is 7.54. The van der Waals surface area contributed by atoms with Gasteiger partial charge in [-0.3, -0.25) is 23.4 Å². The van der Waals surface area contributed by atoms with E-state index in [1.54, 1.807) is 0 Å². The Morgan fingerprint density at radius 3 is 2.96 bits per heavy atom. The van der Waals surface area contributed by atoms with Gasteiger partial charge in [0.25, 0.3) is 5.56 Å². The van der Waals surface area contributed by atoms with Gasteiger partial charge in [0.15, 0.2) is 11.2 Å². The first-order chi connectivity index (χ1) is 11.1. The minimum Gasteiger partial charge on any atom is -0.369 e. The fraction of sp³-hybridized carbons (Fsp3) is 0.545. The monoisotopic (exact) mass is 363 g/mol. The molecule has 0 radical (unpaired) electrons. The largest absolute Gasteiger partial charge is 0.397 e. The van der Waals surface area contributed by atoms with E-state index in [2.05, 4.69) is 15.0 Å². The number of nitrogen functional groups attached to an aromatic ring is 1. The number of hydrogen-bond acceptors (Lipinski definition) is 7. The SMILES string of the molecule is Nc1nc2c(ncn2[C@H]2C[C@]3(CO2)CC(F)(F)P(=O)(O)O3)c(=O)[nH]1. The van der Waals surface area contributed by atoms with Crippen LogP contribution in [-0.4, -0.2) is 42.3 Å². The number of rotatable bonds is 1. The van der Waals surface area contributed by atoms with E-state index in [-0.39, 0.29) is 30.1 Å². The van der Waals surface area contributed by atoms with Crippen molar-refractivity contribution in [2.75, 3.05) is 12.3 Å². The Bertz CT molecular complexity index is 945. The van der Waals surface area contributed by atoms with Gasteiger partial charge in [-0.25, -0.2) is 4.98 Å². The Balaban J connectivity index is 1.70. The third kappa shape index (κ3) is 2.10. The van der Waals surface area contributed by atoms with Crippen molar-refractivity contribution in [1.82, 2.24) is 19.5 Å². The number of aromatic nitrogens is 4. The number of ether oxygens (including phenoxy) is 1. The van der Waals surface area contributed by atoms with E-state index < -0.39 is 37.1 Å². The van der Waals surface area contributed by atoms with Gasteiger partial charge >= 0.3 is 13.3 Å². The number of alkyl halides is 2. The number of fused-ring (bicyclic) bond motifs is 1. The molecular weight excluding hydrogens is 351 g/mol. The first kappa shape index (κ1) is 15.6. The number of nitrogens with zero attached hydrogens (tertiary/aromatic N) is 3. The lowest BCUT2D eigenvalue weighted by Gasteiger charge is -2.18. The number of anilines is 1. The van der Waals surface area contributed by atoms with Crippen LogP contribution >= 0.6 is 7.60 Å². The first-order valence-electron chi connectivity index (χ1n) is 6.88. The highest BCUT2D eigenvalue weighted by atomic mass is 31.2. The third-order valence-electron chi connectivity index (χ3n) is 4.11. The molecule has 2 aromatic rings. The van der Waals surface area contributed by atoms with E-state index in [1.807, 2.05) is 0 Å². The van der Waals surface area contributed by atoms with Crippen molar-refractivity contribution in [2.24, 2.45) is 0 Å². The van der Waals surface area contributed by atoms with Crippen molar-refractivity contribution >= 4 is 24.7 Å². The topological polar surface area (TPSA) is 145 Å². The summed E-state index contributed by atoms with van der Waals surface area (Å²) in [6.45, 7) is -0.295. The highest BCUT2D eigenvalue weighted by Gasteiger charge is 2.67. The molecule has 2 aliphatic rings. The van der Waals surface area contributed by atoms with Gasteiger partial charge in [0, 0.05) is 6.42 Å². The Labute approximate surface area is 132 Å². The third-order valence-corrected chi connectivity index (χ3v) is 5.73. The molecule has 2 aromatic heterocycles. The van der Waals surface area contributed by atoms with E-state index in [9.17, 15) is 23.0 Å². The van der Waals surface area contributed by atoms with Crippen LogP contribution in [-0.2, 0) is 13.8 Å². The smallest absolute Gasteiger partial charge is 0.369 e. The summed E-state index contributed by atoms with van der Waals surface area (Å²) in [7, 11) is -5.06. The minimum absolute atomic E-state index is 0.0132. The Morgan fingerprint density at radius 2 is 2.29 bits per heavy atom. The molecule has 2 saturated heterocycles. The van der Waals surface area contributed by atoms with Gasteiger partial charge in [-0.1, -0.05) is 0 Å². The number of halogens is 2. The summed E-state index contributed by atoms with van der Waals surface area (Å²) in [5, 5.41) is 0. The predicted octanol–water partition coefficient (Wildman–Crippen LogP) is 0.558. The minimum atomic E-state index is -5.06. The molecule has 0 amide bonds. The maximum Gasteiger partial charge on any atom is 0.397 e. The molecule has 0 bridgehead atoms. The van der Waals surface area contributed by atoms with Crippen molar-refractivity contribution in [3.05, 3.63) is 16.7 Å². The van der Waals surface area contributed by atoms with Gasteiger partial charge in [-0.2, -0.15) is 13.8 Å². The van der Waals surface area contributed by atoms with E-state index in [0.717, 1.165) is 0 Å².